The molecular formula is C30H41N3O4. The highest BCUT2D eigenvalue weighted by molar-refractivity contribution is 5.99. The minimum absolute atomic E-state index is 0.0742. The van der Waals surface area contributed by atoms with Gasteiger partial charge in [0.05, 0.1) is 0 Å². The number of anilines is 1. The van der Waals surface area contributed by atoms with Gasteiger partial charge in [0.2, 0.25) is 5.91 Å². The number of carbonyl (C=O) groups is 3. The van der Waals surface area contributed by atoms with Gasteiger partial charge in [-0.2, -0.15) is 0 Å². The normalized spacial score (nSPS) is 15.0. The van der Waals surface area contributed by atoms with Gasteiger partial charge in [-0.25, -0.2) is 4.79 Å². The zero-order valence-corrected chi connectivity index (χ0v) is 23.1. The molecule has 37 heavy (non-hydrogen) atoms. The van der Waals surface area contributed by atoms with Crippen molar-refractivity contribution in [2.24, 2.45) is 5.92 Å². The number of ether oxygens (including phenoxy) is 1. The zero-order chi connectivity index (χ0) is 27.3. The molecule has 1 aliphatic rings. The maximum absolute atomic E-state index is 14.2. The Labute approximate surface area is 221 Å². The van der Waals surface area contributed by atoms with Gasteiger partial charge in [0.15, 0.2) is 0 Å². The van der Waals surface area contributed by atoms with Gasteiger partial charge in [-0.05, 0) is 82.6 Å². The first kappa shape index (κ1) is 28.2. The zero-order valence-electron chi connectivity index (χ0n) is 23.1. The molecule has 2 unspecified atom stereocenters. The number of rotatable bonds is 9. The topological polar surface area (TPSA) is 87.7 Å². The Hall–Kier alpha value is -3.35. The van der Waals surface area contributed by atoms with Gasteiger partial charge in [0.1, 0.15) is 17.7 Å². The van der Waals surface area contributed by atoms with Crippen LogP contribution in [-0.2, 0) is 14.3 Å². The number of nitrogens with zero attached hydrogens (tertiary/aromatic N) is 1. The van der Waals surface area contributed by atoms with Crippen LogP contribution in [0, 0.1) is 19.8 Å². The van der Waals surface area contributed by atoms with Crippen LogP contribution in [0.15, 0.2) is 48.5 Å². The SMILES string of the molecule is Cc1ccccc1NC(=O)C(c1ccccc1C)N(C(=O)C(CC(C)C)NC(=O)OC(C)(C)C)C1CC1. The molecule has 3 rings (SSSR count). The van der Waals surface area contributed by atoms with Gasteiger partial charge < -0.3 is 20.3 Å². The molecule has 3 amide bonds. The Morgan fingerprint density at radius 1 is 0.973 bits per heavy atom. The van der Waals surface area contributed by atoms with Crippen LogP contribution >= 0.6 is 0 Å². The summed E-state index contributed by atoms with van der Waals surface area (Å²) < 4.78 is 5.46. The molecule has 1 fully saturated rings. The summed E-state index contributed by atoms with van der Waals surface area (Å²) in [5.74, 6) is -0.401. The van der Waals surface area contributed by atoms with E-state index in [0.29, 0.717) is 12.1 Å². The van der Waals surface area contributed by atoms with Crippen molar-refractivity contribution in [1.82, 2.24) is 10.2 Å². The average Bonchev–Trinajstić information content (AvgIpc) is 3.62. The molecule has 2 aromatic carbocycles. The Balaban J connectivity index is 2.00. The van der Waals surface area contributed by atoms with Gasteiger partial charge in [-0.1, -0.05) is 56.3 Å². The second kappa shape index (κ2) is 11.8. The standard InChI is InChI=1S/C30H41N3O4/c1-19(2)18-25(32-29(36)37-30(5,6)7)28(35)33(22-16-17-22)26(23-14-10-8-12-20(23)3)27(34)31-24-15-11-9-13-21(24)4/h8-15,19,22,25-26H,16-18H2,1-7H3,(H,31,34)(H,32,36). The molecule has 0 aromatic heterocycles. The summed E-state index contributed by atoms with van der Waals surface area (Å²) in [6.07, 6.45) is 1.42. The highest BCUT2D eigenvalue weighted by atomic mass is 16.6. The number of benzene rings is 2. The molecule has 0 bridgehead atoms. The maximum atomic E-state index is 14.2. The minimum atomic E-state index is -0.837. The number of hydrogen-bond acceptors (Lipinski definition) is 4. The summed E-state index contributed by atoms with van der Waals surface area (Å²) in [7, 11) is 0. The molecular weight excluding hydrogens is 466 g/mol. The van der Waals surface area contributed by atoms with Crippen LogP contribution in [0.4, 0.5) is 10.5 Å². The number of nitrogens with one attached hydrogen (secondary N) is 2. The van der Waals surface area contributed by atoms with Crippen molar-refractivity contribution >= 4 is 23.6 Å². The lowest BCUT2D eigenvalue weighted by atomic mass is 9.96. The molecule has 1 saturated carbocycles. The van der Waals surface area contributed by atoms with Crippen molar-refractivity contribution in [2.75, 3.05) is 5.32 Å². The fraction of sp³-hybridized carbons (Fsp3) is 0.500. The Morgan fingerprint density at radius 2 is 1.57 bits per heavy atom. The Morgan fingerprint density at radius 3 is 2.11 bits per heavy atom. The van der Waals surface area contributed by atoms with Crippen LogP contribution in [0.25, 0.3) is 0 Å². The van der Waals surface area contributed by atoms with E-state index in [1.807, 2.05) is 76.2 Å². The predicted molar refractivity (Wildman–Crippen MR) is 146 cm³/mol. The van der Waals surface area contributed by atoms with Gasteiger partial charge in [0, 0.05) is 11.7 Å². The first-order chi connectivity index (χ1) is 17.4. The van der Waals surface area contributed by atoms with Gasteiger partial charge in [-0.3, -0.25) is 9.59 Å². The van der Waals surface area contributed by atoms with E-state index in [1.54, 1.807) is 25.7 Å². The number of alkyl carbamates (subject to hydrolysis) is 1. The van der Waals surface area contributed by atoms with E-state index in [-0.39, 0.29) is 23.8 Å². The molecule has 1 aliphatic carbocycles. The fourth-order valence-electron chi connectivity index (χ4n) is 4.42. The van der Waals surface area contributed by atoms with Crippen molar-refractivity contribution in [3.63, 3.8) is 0 Å². The van der Waals surface area contributed by atoms with Crippen LogP contribution in [-0.4, -0.2) is 40.5 Å². The molecule has 7 nitrogen and oxygen atoms in total. The predicted octanol–water partition coefficient (Wildman–Crippen LogP) is 5.91. The lowest BCUT2D eigenvalue weighted by molar-refractivity contribution is -0.141. The molecule has 0 saturated heterocycles. The number of aryl methyl sites for hydroxylation is 2. The van der Waals surface area contributed by atoms with E-state index >= 15 is 0 Å². The van der Waals surface area contributed by atoms with Crippen LogP contribution in [0.5, 0.6) is 0 Å². The summed E-state index contributed by atoms with van der Waals surface area (Å²) in [5, 5.41) is 5.86. The third-order valence-corrected chi connectivity index (χ3v) is 6.30. The molecule has 2 aromatic rings. The monoisotopic (exact) mass is 507 g/mol. The lowest BCUT2D eigenvalue weighted by Crippen LogP contribution is -2.53. The highest BCUT2D eigenvalue weighted by Crippen LogP contribution is 2.37. The maximum Gasteiger partial charge on any atom is 0.408 e. The third-order valence-electron chi connectivity index (χ3n) is 6.30. The summed E-state index contributed by atoms with van der Waals surface area (Å²) >= 11 is 0. The van der Waals surface area contributed by atoms with Crippen molar-refractivity contribution in [3.05, 3.63) is 65.2 Å². The minimum Gasteiger partial charge on any atom is -0.444 e. The first-order valence-corrected chi connectivity index (χ1v) is 13.1. The molecule has 0 radical (unpaired) electrons. The van der Waals surface area contributed by atoms with E-state index < -0.39 is 23.8 Å². The third kappa shape index (κ3) is 7.81. The van der Waals surface area contributed by atoms with E-state index in [1.165, 1.54) is 0 Å². The summed E-state index contributed by atoms with van der Waals surface area (Å²) in [5.41, 5.74) is 2.65. The van der Waals surface area contributed by atoms with Gasteiger partial charge in [0.25, 0.3) is 5.91 Å². The second-order valence-corrected chi connectivity index (χ2v) is 11.4. The number of carbonyl (C=O) groups excluding carboxylic acids is 3. The average molecular weight is 508 g/mol. The summed E-state index contributed by atoms with van der Waals surface area (Å²) in [4.78, 5) is 42.5. The van der Waals surface area contributed by atoms with Crippen molar-refractivity contribution in [3.8, 4) is 0 Å². The molecule has 0 heterocycles. The summed E-state index contributed by atoms with van der Waals surface area (Å²) in [6, 6.07) is 13.5. The Bertz CT molecular complexity index is 1120. The van der Waals surface area contributed by atoms with E-state index in [2.05, 4.69) is 10.6 Å². The molecule has 2 N–H and O–H groups in total. The lowest BCUT2D eigenvalue weighted by Gasteiger charge is -2.35. The van der Waals surface area contributed by atoms with Gasteiger partial charge >= 0.3 is 6.09 Å². The number of hydrogen-bond donors (Lipinski definition) is 2. The van der Waals surface area contributed by atoms with Crippen molar-refractivity contribution in [2.45, 2.75) is 91.5 Å². The largest absolute Gasteiger partial charge is 0.444 e. The molecule has 200 valence electrons. The Kier molecular flexibility index (Phi) is 9.00. The van der Waals surface area contributed by atoms with Crippen LogP contribution in [0.3, 0.4) is 0 Å². The van der Waals surface area contributed by atoms with E-state index in [0.717, 1.165) is 29.5 Å². The quantitative estimate of drug-likeness (QED) is 0.441. The molecule has 0 spiro atoms. The van der Waals surface area contributed by atoms with Crippen LogP contribution < -0.4 is 10.6 Å². The smallest absolute Gasteiger partial charge is 0.408 e. The number of para-hydroxylation sites is 1. The summed E-state index contributed by atoms with van der Waals surface area (Å²) in [6.45, 7) is 13.2. The van der Waals surface area contributed by atoms with Crippen LogP contribution in [0.1, 0.15) is 76.6 Å². The van der Waals surface area contributed by atoms with E-state index in [9.17, 15) is 14.4 Å². The second-order valence-electron chi connectivity index (χ2n) is 11.4. The van der Waals surface area contributed by atoms with Crippen molar-refractivity contribution < 1.29 is 19.1 Å². The highest BCUT2D eigenvalue weighted by Gasteiger charge is 2.44. The number of amides is 3. The van der Waals surface area contributed by atoms with E-state index in [4.69, 9.17) is 4.74 Å². The van der Waals surface area contributed by atoms with Crippen molar-refractivity contribution in [1.29, 1.82) is 0 Å². The molecule has 0 aliphatic heterocycles. The molecule has 2 atom stereocenters. The first-order valence-electron chi connectivity index (χ1n) is 13.1. The fourth-order valence-corrected chi connectivity index (χ4v) is 4.42. The molecule has 7 heteroatoms. The van der Waals surface area contributed by atoms with Gasteiger partial charge in [-0.15, -0.1) is 0 Å². The van der Waals surface area contributed by atoms with Crippen LogP contribution in [0.2, 0.25) is 0 Å².